The van der Waals surface area contributed by atoms with Gasteiger partial charge >= 0.3 is 0 Å². The molecule has 10 N–H and O–H groups in total. The second-order valence-electron chi connectivity index (χ2n) is 7.15. The van der Waals surface area contributed by atoms with Gasteiger partial charge < -0.3 is 43.4 Å². The molecule has 2 unspecified atom stereocenters. The predicted octanol–water partition coefficient (Wildman–Crippen LogP) is -5.09. The van der Waals surface area contributed by atoms with Crippen LogP contribution in [0.15, 0.2) is 0 Å². The number of hydrogen-bond acceptors (Lipinski definition) is 8. The van der Waals surface area contributed by atoms with Crippen molar-refractivity contribution in [3.8, 4) is 0 Å². The Hall–Kier alpha value is -3.26. The Labute approximate surface area is 185 Å². The van der Waals surface area contributed by atoms with Gasteiger partial charge in [0.15, 0.2) is 0 Å². The summed E-state index contributed by atoms with van der Waals surface area (Å²) in [5.41, 5.74) is 10.2. The van der Waals surface area contributed by atoms with Crippen molar-refractivity contribution in [1.82, 2.24) is 31.9 Å². The first-order valence-electron chi connectivity index (χ1n) is 10.3. The monoisotopic (exact) mass is 456 g/mol. The number of carbonyl (C=O) groups excluding carboxylic acids is 6. The highest BCUT2D eigenvalue weighted by molar-refractivity contribution is 5.89. The molecule has 14 heteroatoms. The van der Waals surface area contributed by atoms with Crippen LogP contribution in [-0.2, 0) is 28.8 Å². The largest absolute Gasteiger partial charge is 0.350 e. The first-order chi connectivity index (χ1) is 15.2. The summed E-state index contributed by atoms with van der Waals surface area (Å²) in [4.78, 5) is 69.6. The molecule has 0 aromatic carbocycles. The topological polar surface area (TPSA) is 227 Å². The highest BCUT2D eigenvalue weighted by atomic mass is 16.2. The fraction of sp³-hybridized carbons (Fsp3) is 0.667. The maximum Gasteiger partial charge on any atom is 0.239 e. The van der Waals surface area contributed by atoms with Crippen LogP contribution in [0.3, 0.4) is 0 Å². The molecule has 0 spiro atoms. The minimum Gasteiger partial charge on any atom is -0.350 e. The van der Waals surface area contributed by atoms with E-state index in [0.29, 0.717) is 12.8 Å². The highest BCUT2D eigenvalue weighted by Crippen LogP contribution is 2.18. The summed E-state index contributed by atoms with van der Waals surface area (Å²) >= 11 is 0. The molecule has 0 aromatic rings. The van der Waals surface area contributed by atoms with Crippen LogP contribution in [0.25, 0.3) is 0 Å². The molecule has 0 heterocycles. The second-order valence-corrected chi connectivity index (χ2v) is 7.15. The van der Waals surface area contributed by atoms with Crippen LogP contribution in [0.1, 0.15) is 25.7 Å². The number of hydrogen-bond donors (Lipinski definition) is 8. The van der Waals surface area contributed by atoms with E-state index in [-0.39, 0.29) is 51.4 Å². The van der Waals surface area contributed by atoms with Crippen LogP contribution in [0, 0.1) is 0 Å². The van der Waals surface area contributed by atoms with Gasteiger partial charge in [0.25, 0.3) is 0 Å². The molecule has 1 fully saturated rings. The summed E-state index contributed by atoms with van der Waals surface area (Å²) in [7, 11) is 0. The maximum absolute atomic E-state index is 12.2. The zero-order valence-electron chi connectivity index (χ0n) is 17.8. The SMILES string of the molecule is NCC(=O)NCC(=O)NCC(=O)NC1CCCCC1NC(=O)CNC(=O)CNC(=O)CN. The third kappa shape index (κ3) is 11.2. The van der Waals surface area contributed by atoms with Crippen molar-refractivity contribution in [1.29, 1.82) is 0 Å². The Morgan fingerprint density at radius 3 is 1.19 bits per heavy atom. The number of nitrogens with one attached hydrogen (secondary N) is 6. The van der Waals surface area contributed by atoms with E-state index >= 15 is 0 Å². The normalized spacial score (nSPS) is 17.4. The quantitative estimate of drug-likeness (QED) is 0.141. The van der Waals surface area contributed by atoms with Crippen LogP contribution < -0.4 is 43.4 Å². The van der Waals surface area contributed by atoms with Crippen molar-refractivity contribution in [3.63, 3.8) is 0 Å². The fourth-order valence-electron chi connectivity index (χ4n) is 2.98. The zero-order chi connectivity index (χ0) is 23.9. The summed E-state index contributed by atoms with van der Waals surface area (Å²) in [6, 6.07) is -0.651. The number of rotatable bonds is 12. The molecule has 0 aliphatic heterocycles. The smallest absolute Gasteiger partial charge is 0.239 e. The third-order valence-electron chi connectivity index (χ3n) is 4.61. The van der Waals surface area contributed by atoms with Crippen LogP contribution in [0.4, 0.5) is 0 Å². The Morgan fingerprint density at radius 2 is 0.844 bits per heavy atom. The minimum absolute atomic E-state index is 0.239. The number of nitrogens with two attached hydrogens (primary N) is 2. The molecular formula is C18H32N8O6. The third-order valence-corrected chi connectivity index (χ3v) is 4.61. The van der Waals surface area contributed by atoms with Gasteiger partial charge in [-0.05, 0) is 12.8 Å². The van der Waals surface area contributed by atoms with Crippen LogP contribution >= 0.6 is 0 Å². The summed E-state index contributed by atoms with van der Waals surface area (Å²) < 4.78 is 0. The van der Waals surface area contributed by atoms with E-state index in [1.807, 2.05) is 0 Å². The molecule has 0 aromatic heterocycles. The first kappa shape index (κ1) is 26.8. The second kappa shape index (κ2) is 14.7. The highest BCUT2D eigenvalue weighted by Gasteiger charge is 2.27. The van der Waals surface area contributed by atoms with Crippen molar-refractivity contribution < 1.29 is 28.8 Å². The van der Waals surface area contributed by atoms with Crippen molar-refractivity contribution in [2.24, 2.45) is 11.5 Å². The molecule has 2 atom stereocenters. The van der Waals surface area contributed by atoms with Gasteiger partial charge in [0.1, 0.15) is 0 Å². The zero-order valence-corrected chi connectivity index (χ0v) is 17.8. The average molecular weight is 457 g/mol. The maximum atomic E-state index is 12.2. The van der Waals surface area contributed by atoms with E-state index < -0.39 is 35.4 Å². The molecule has 0 bridgehead atoms. The molecule has 6 amide bonds. The van der Waals surface area contributed by atoms with Gasteiger partial charge in [-0.25, -0.2) is 0 Å². The number of carbonyl (C=O) groups is 6. The molecule has 0 radical (unpaired) electrons. The van der Waals surface area contributed by atoms with Crippen LogP contribution in [0.5, 0.6) is 0 Å². The molecular weight excluding hydrogens is 424 g/mol. The molecule has 1 saturated carbocycles. The summed E-state index contributed by atoms with van der Waals surface area (Å²) in [6.07, 6.45) is 3.03. The van der Waals surface area contributed by atoms with E-state index in [4.69, 9.17) is 11.5 Å². The van der Waals surface area contributed by atoms with E-state index in [0.717, 1.165) is 12.8 Å². The van der Waals surface area contributed by atoms with Gasteiger partial charge in [0, 0.05) is 12.1 Å². The standard InChI is InChI=1S/C18H32N8O6/c19-5-13(27)21-7-15(29)23-9-17(31)25-11-3-1-2-4-12(11)26-18(32)10-24-16(30)8-22-14(28)6-20/h11-12H,1-10,19-20H2,(H,21,27)(H,22,28)(H,23,29)(H,24,30)(H,25,31)(H,26,32). The Morgan fingerprint density at radius 1 is 0.531 bits per heavy atom. The lowest BCUT2D eigenvalue weighted by atomic mass is 9.90. The summed E-state index contributed by atoms with van der Waals surface area (Å²) in [5, 5.41) is 14.9. The van der Waals surface area contributed by atoms with Crippen molar-refractivity contribution in [2.45, 2.75) is 37.8 Å². The van der Waals surface area contributed by atoms with Crippen LogP contribution in [0.2, 0.25) is 0 Å². The van der Waals surface area contributed by atoms with E-state index in [1.54, 1.807) is 0 Å². The summed E-state index contributed by atoms with van der Waals surface area (Å²) in [6.45, 7) is -1.60. The molecule has 180 valence electrons. The van der Waals surface area contributed by atoms with E-state index in [2.05, 4.69) is 31.9 Å². The van der Waals surface area contributed by atoms with Gasteiger partial charge in [0.2, 0.25) is 35.4 Å². The minimum atomic E-state index is -0.533. The molecule has 32 heavy (non-hydrogen) atoms. The lowest BCUT2D eigenvalue weighted by Crippen LogP contribution is -2.56. The average Bonchev–Trinajstić information content (AvgIpc) is 2.79. The molecule has 1 aliphatic rings. The van der Waals surface area contributed by atoms with Crippen molar-refractivity contribution in [2.75, 3.05) is 39.3 Å². The van der Waals surface area contributed by atoms with E-state index in [1.165, 1.54) is 0 Å². The van der Waals surface area contributed by atoms with Crippen molar-refractivity contribution >= 4 is 35.4 Å². The van der Waals surface area contributed by atoms with Gasteiger partial charge in [0.05, 0.1) is 39.3 Å². The van der Waals surface area contributed by atoms with Crippen LogP contribution in [-0.4, -0.2) is 86.8 Å². The Balaban J connectivity index is 2.37. The predicted molar refractivity (Wildman–Crippen MR) is 112 cm³/mol. The fourth-order valence-corrected chi connectivity index (χ4v) is 2.98. The molecule has 0 saturated heterocycles. The van der Waals surface area contributed by atoms with Gasteiger partial charge in [-0.3, -0.25) is 28.8 Å². The van der Waals surface area contributed by atoms with Gasteiger partial charge in [-0.1, -0.05) is 12.8 Å². The molecule has 1 aliphatic carbocycles. The van der Waals surface area contributed by atoms with Crippen molar-refractivity contribution in [3.05, 3.63) is 0 Å². The number of amides is 6. The first-order valence-corrected chi connectivity index (χ1v) is 10.3. The lowest BCUT2D eigenvalue weighted by molar-refractivity contribution is -0.128. The van der Waals surface area contributed by atoms with Gasteiger partial charge in [-0.15, -0.1) is 0 Å². The summed E-state index contributed by atoms with van der Waals surface area (Å²) in [5.74, 6) is -2.90. The molecule has 14 nitrogen and oxygen atoms in total. The van der Waals surface area contributed by atoms with Gasteiger partial charge in [-0.2, -0.15) is 0 Å². The molecule has 1 rings (SSSR count). The Kier molecular flexibility index (Phi) is 12.3. The lowest BCUT2D eigenvalue weighted by Gasteiger charge is -2.33. The Bertz CT molecular complexity index is 643. The van der Waals surface area contributed by atoms with E-state index in [9.17, 15) is 28.8 Å².